The van der Waals surface area contributed by atoms with E-state index in [9.17, 15) is 14.7 Å². The maximum absolute atomic E-state index is 12.4. The maximum Gasteiger partial charge on any atom is 0.310 e. The quantitative estimate of drug-likeness (QED) is 0.571. The van der Waals surface area contributed by atoms with Crippen LogP contribution in [-0.4, -0.2) is 23.6 Å². The van der Waals surface area contributed by atoms with Crippen LogP contribution in [-0.2, 0) is 16.0 Å². The Labute approximate surface area is 170 Å². The lowest BCUT2D eigenvalue weighted by atomic mass is 10.1. The molecule has 152 valence electrons. The predicted molar refractivity (Wildman–Crippen MR) is 112 cm³/mol. The van der Waals surface area contributed by atoms with Crippen molar-refractivity contribution in [3.05, 3.63) is 72.0 Å². The Morgan fingerprint density at radius 3 is 2.31 bits per heavy atom. The van der Waals surface area contributed by atoms with Crippen molar-refractivity contribution in [2.24, 2.45) is 0 Å². The van der Waals surface area contributed by atoms with E-state index in [0.717, 1.165) is 11.1 Å². The first-order chi connectivity index (χ1) is 14.0. The van der Waals surface area contributed by atoms with Gasteiger partial charge in [0.2, 0.25) is 0 Å². The minimum atomic E-state index is -0.304. The van der Waals surface area contributed by atoms with Crippen molar-refractivity contribution in [1.29, 1.82) is 0 Å². The molecule has 1 amide bonds. The number of rotatable bonds is 6. The largest absolute Gasteiger partial charge is 0.508 e. The highest BCUT2D eigenvalue weighted by atomic mass is 16.5. The van der Waals surface area contributed by atoms with Crippen molar-refractivity contribution in [3.63, 3.8) is 0 Å². The highest BCUT2D eigenvalue weighted by Gasteiger charge is 2.12. The number of carbonyl (C=O) groups is 2. The smallest absolute Gasteiger partial charge is 0.310 e. The number of carbonyl (C=O) groups excluding carboxylic acids is 2. The van der Waals surface area contributed by atoms with Crippen LogP contribution in [0.4, 0.5) is 5.69 Å². The summed E-state index contributed by atoms with van der Waals surface area (Å²) in [6.07, 6.45) is 1.58. The first-order valence-corrected chi connectivity index (χ1v) is 9.49. The predicted octanol–water partition coefficient (Wildman–Crippen LogP) is 5.04. The average Bonchev–Trinajstić information content (AvgIpc) is 3.22. The van der Waals surface area contributed by atoms with Crippen LogP contribution >= 0.6 is 0 Å². The summed E-state index contributed by atoms with van der Waals surface area (Å²) in [5, 5.41) is 12.1. The number of furan rings is 1. The van der Waals surface area contributed by atoms with Gasteiger partial charge in [-0.25, -0.2) is 0 Å². The van der Waals surface area contributed by atoms with Crippen molar-refractivity contribution in [2.45, 2.75) is 27.2 Å². The second-order valence-electron chi connectivity index (χ2n) is 5.88. The lowest BCUT2D eigenvalue weighted by Crippen LogP contribution is -2.11. The van der Waals surface area contributed by atoms with Crippen LogP contribution in [0.3, 0.4) is 0 Å². The van der Waals surface area contributed by atoms with Crippen LogP contribution < -0.4 is 5.32 Å². The summed E-state index contributed by atoms with van der Waals surface area (Å²) >= 11 is 0. The molecule has 0 bridgehead atoms. The number of anilines is 1. The third-order valence-corrected chi connectivity index (χ3v) is 3.88. The van der Waals surface area contributed by atoms with Crippen molar-refractivity contribution in [2.75, 3.05) is 11.9 Å². The summed E-state index contributed by atoms with van der Waals surface area (Å²) in [7, 11) is 0. The SMILES string of the molecule is CC.CCOC(=O)Cc1ccc(NC(=O)c2coc(-c3ccc(O)cc3)c2)cc1. The Kier molecular flexibility index (Phi) is 8.03. The number of phenolic OH excluding ortho intramolecular Hbond substituents is 1. The fourth-order valence-electron chi connectivity index (χ4n) is 2.52. The minimum absolute atomic E-state index is 0.162. The summed E-state index contributed by atoms with van der Waals surface area (Å²) in [5.74, 6) is 0.107. The molecular formula is C23H25NO5. The zero-order chi connectivity index (χ0) is 21.2. The van der Waals surface area contributed by atoms with Gasteiger partial charge >= 0.3 is 5.97 Å². The van der Waals surface area contributed by atoms with Crippen LogP contribution in [0, 0.1) is 0 Å². The van der Waals surface area contributed by atoms with E-state index in [2.05, 4.69) is 5.32 Å². The van der Waals surface area contributed by atoms with Gasteiger partial charge in [0.1, 0.15) is 17.8 Å². The molecule has 0 saturated heterocycles. The topological polar surface area (TPSA) is 88.8 Å². The first kappa shape index (κ1) is 21.8. The molecule has 0 unspecified atom stereocenters. The normalized spacial score (nSPS) is 9.90. The van der Waals surface area contributed by atoms with E-state index in [4.69, 9.17) is 9.15 Å². The van der Waals surface area contributed by atoms with Crippen LogP contribution in [0.2, 0.25) is 0 Å². The number of hydrogen-bond acceptors (Lipinski definition) is 5. The molecule has 0 atom stereocenters. The molecule has 2 N–H and O–H groups in total. The summed E-state index contributed by atoms with van der Waals surface area (Å²) in [4.78, 5) is 23.9. The molecule has 0 fully saturated rings. The monoisotopic (exact) mass is 395 g/mol. The second-order valence-corrected chi connectivity index (χ2v) is 5.88. The van der Waals surface area contributed by atoms with Gasteiger partial charge in [0.05, 0.1) is 18.6 Å². The molecule has 6 heteroatoms. The van der Waals surface area contributed by atoms with Crippen LogP contribution in [0.25, 0.3) is 11.3 Å². The molecule has 0 aliphatic heterocycles. The fourth-order valence-corrected chi connectivity index (χ4v) is 2.52. The summed E-state index contributed by atoms with van der Waals surface area (Å²) in [6, 6.07) is 15.1. The lowest BCUT2D eigenvalue weighted by Gasteiger charge is -2.05. The van der Waals surface area contributed by atoms with E-state index in [1.165, 1.54) is 6.26 Å². The van der Waals surface area contributed by atoms with Gasteiger partial charge < -0.3 is 19.6 Å². The Bertz CT molecular complexity index is 927. The third-order valence-electron chi connectivity index (χ3n) is 3.88. The number of amides is 1. The molecule has 29 heavy (non-hydrogen) atoms. The lowest BCUT2D eigenvalue weighted by molar-refractivity contribution is -0.142. The molecule has 3 rings (SSSR count). The van der Waals surface area contributed by atoms with Gasteiger partial charge in [-0.3, -0.25) is 9.59 Å². The van der Waals surface area contributed by atoms with Crippen LogP contribution in [0.15, 0.2) is 65.3 Å². The Balaban J connectivity index is 0.00000145. The molecule has 0 saturated carbocycles. The van der Waals surface area contributed by atoms with Crippen molar-refractivity contribution in [3.8, 4) is 17.1 Å². The Morgan fingerprint density at radius 2 is 1.69 bits per heavy atom. The number of esters is 1. The van der Waals surface area contributed by atoms with Crippen molar-refractivity contribution < 1.29 is 23.8 Å². The highest BCUT2D eigenvalue weighted by Crippen LogP contribution is 2.24. The molecule has 0 radical (unpaired) electrons. The van der Waals surface area contributed by atoms with Gasteiger partial charge in [-0.1, -0.05) is 26.0 Å². The molecule has 1 aromatic heterocycles. The first-order valence-electron chi connectivity index (χ1n) is 9.49. The van der Waals surface area contributed by atoms with Gasteiger partial charge in [0.15, 0.2) is 0 Å². The van der Waals surface area contributed by atoms with E-state index in [-0.39, 0.29) is 24.0 Å². The van der Waals surface area contributed by atoms with Gasteiger partial charge in [0, 0.05) is 11.3 Å². The molecule has 3 aromatic rings. The molecule has 1 heterocycles. The van der Waals surface area contributed by atoms with E-state index in [1.807, 2.05) is 13.8 Å². The third kappa shape index (κ3) is 6.24. The molecular weight excluding hydrogens is 370 g/mol. The molecule has 2 aromatic carbocycles. The molecule has 6 nitrogen and oxygen atoms in total. The van der Waals surface area contributed by atoms with Gasteiger partial charge in [-0.05, 0) is 55.0 Å². The Hall–Kier alpha value is -3.54. The molecule has 0 aliphatic rings. The zero-order valence-corrected chi connectivity index (χ0v) is 16.8. The van der Waals surface area contributed by atoms with Crippen molar-refractivity contribution in [1.82, 2.24) is 0 Å². The van der Waals surface area contributed by atoms with Crippen LogP contribution in [0.1, 0.15) is 36.7 Å². The van der Waals surface area contributed by atoms with Crippen LogP contribution in [0.5, 0.6) is 5.75 Å². The maximum atomic E-state index is 12.4. The van der Waals surface area contributed by atoms with Gasteiger partial charge in [-0.15, -0.1) is 0 Å². The minimum Gasteiger partial charge on any atom is -0.508 e. The van der Waals surface area contributed by atoms with E-state index in [1.54, 1.807) is 61.5 Å². The standard InChI is InChI=1S/C21H19NO5.C2H6/c1-2-26-20(24)11-14-3-7-17(8-4-14)22-21(25)16-12-19(27-13-16)15-5-9-18(23)10-6-15;1-2/h3-10,12-13,23H,2,11H2,1H3,(H,22,25);1-2H3. The highest BCUT2D eigenvalue weighted by molar-refractivity contribution is 6.04. The van der Waals surface area contributed by atoms with E-state index in [0.29, 0.717) is 23.6 Å². The number of ether oxygens (including phenoxy) is 1. The fraction of sp³-hybridized carbons (Fsp3) is 0.217. The molecule has 0 aliphatic carbocycles. The zero-order valence-electron chi connectivity index (χ0n) is 16.8. The summed E-state index contributed by atoms with van der Waals surface area (Å²) in [5.41, 5.74) is 2.56. The second kappa shape index (κ2) is 10.7. The Morgan fingerprint density at radius 1 is 1.03 bits per heavy atom. The van der Waals surface area contributed by atoms with Gasteiger partial charge in [0.25, 0.3) is 5.91 Å². The van der Waals surface area contributed by atoms with E-state index >= 15 is 0 Å². The number of benzene rings is 2. The van der Waals surface area contributed by atoms with E-state index < -0.39 is 0 Å². The van der Waals surface area contributed by atoms with Gasteiger partial charge in [-0.2, -0.15) is 0 Å². The summed E-state index contributed by atoms with van der Waals surface area (Å²) in [6.45, 7) is 6.11. The summed E-state index contributed by atoms with van der Waals surface area (Å²) < 4.78 is 10.4. The number of aromatic hydroxyl groups is 1. The van der Waals surface area contributed by atoms with Crippen molar-refractivity contribution >= 4 is 17.6 Å². The number of hydrogen-bond donors (Lipinski definition) is 2. The number of nitrogens with one attached hydrogen (secondary N) is 1. The number of phenols is 1. The molecule has 0 spiro atoms. The average molecular weight is 395 g/mol.